The highest BCUT2D eigenvalue weighted by Gasteiger charge is 2.29. The van der Waals surface area contributed by atoms with Gasteiger partial charge < -0.3 is 19.3 Å². The molecule has 1 aromatic rings. The number of nitrogens with zero attached hydrogens (tertiary/aromatic N) is 2. The van der Waals surface area contributed by atoms with Crippen LogP contribution in [0.15, 0.2) is 23.0 Å². The van der Waals surface area contributed by atoms with E-state index in [0.717, 1.165) is 12.0 Å². The molecule has 1 aliphatic heterocycles. The lowest BCUT2D eigenvalue weighted by molar-refractivity contribution is -0.143. The lowest BCUT2D eigenvalue weighted by Gasteiger charge is -2.33. The van der Waals surface area contributed by atoms with E-state index in [4.69, 9.17) is 9.52 Å². The highest BCUT2D eigenvalue weighted by Crippen LogP contribution is 2.18. The largest absolute Gasteiger partial charge is 0.481 e. The second-order valence-electron chi connectivity index (χ2n) is 4.89. The van der Waals surface area contributed by atoms with Gasteiger partial charge in [-0.25, -0.2) is 4.79 Å². The third kappa shape index (κ3) is 3.27. The van der Waals surface area contributed by atoms with E-state index >= 15 is 0 Å². The van der Waals surface area contributed by atoms with Crippen molar-refractivity contribution in [3.8, 4) is 0 Å². The minimum Gasteiger partial charge on any atom is -0.481 e. The summed E-state index contributed by atoms with van der Waals surface area (Å²) in [6.45, 7) is 1.38. The van der Waals surface area contributed by atoms with Crippen LogP contribution in [0.4, 0.5) is 4.79 Å². The standard InChI is InChI=1S/C13H18N2O4/c1-14(7-10-4-6-19-9-10)13(18)15-5-2-3-11(8-15)12(16)17/h4,6,9,11H,2-3,5,7-8H2,1H3,(H,16,17)/t11-/m1/s1. The molecular formula is C13H18N2O4. The fourth-order valence-electron chi connectivity index (χ4n) is 2.32. The third-order valence-electron chi connectivity index (χ3n) is 3.37. The van der Waals surface area contributed by atoms with Crippen molar-refractivity contribution < 1.29 is 19.1 Å². The molecule has 0 bridgehead atoms. The van der Waals surface area contributed by atoms with Gasteiger partial charge in [-0.2, -0.15) is 0 Å². The van der Waals surface area contributed by atoms with E-state index in [1.165, 1.54) is 0 Å². The van der Waals surface area contributed by atoms with Gasteiger partial charge in [-0.05, 0) is 18.9 Å². The number of aliphatic carboxylic acids is 1. The number of carbonyl (C=O) groups excluding carboxylic acids is 1. The first-order chi connectivity index (χ1) is 9.08. The second kappa shape index (κ2) is 5.77. The van der Waals surface area contributed by atoms with Crippen LogP contribution in [0, 0.1) is 5.92 Å². The molecule has 0 unspecified atom stereocenters. The van der Waals surface area contributed by atoms with Crippen LogP contribution in [-0.4, -0.2) is 47.0 Å². The van der Waals surface area contributed by atoms with E-state index in [-0.39, 0.29) is 6.03 Å². The highest BCUT2D eigenvalue weighted by molar-refractivity contribution is 5.76. The van der Waals surface area contributed by atoms with Crippen LogP contribution in [0.2, 0.25) is 0 Å². The Morgan fingerprint density at radius 3 is 3.00 bits per heavy atom. The Kier molecular flexibility index (Phi) is 4.09. The van der Waals surface area contributed by atoms with Crippen molar-refractivity contribution in [1.29, 1.82) is 0 Å². The summed E-state index contributed by atoms with van der Waals surface area (Å²) in [7, 11) is 1.71. The van der Waals surface area contributed by atoms with Gasteiger partial charge in [-0.1, -0.05) is 0 Å². The Labute approximate surface area is 111 Å². The number of carboxylic acids is 1. The zero-order valence-electron chi connectivity index (χ0n) is 10.9. The van der Waals surface area contributed by atoms with E-state index in [1.807, 2.05) is 0 Å². The number of carbonyl (C=O) groups is 2. The van der Waals surface area contributed by atoms with Crippen LogP contribution < -0.4 is 0 Å². The number of urea groups is 1. The van der Waals surface area contributed by atoms with E-state index < -0.39 is 11.9 Å². The summed E-state index contributed by atoms with van der Waals surface area (Å²) in [6, 6.07) is 1.67. The number of hydrogen-bond acceptors (Lipinski definition) is 3. The third-order valence-corrected chi connectivity index (χ3v) is 3.37. The topological polar surface area (TPSA) is 74.0 Å². The summed E-state index contributed by atoms with van der Waals surface area (Å²) in [4.78, 5) is 26.4. The fourth-order valence-corrected chi connectivity index (χ4v) is 2.32. The fraction of sp³-hybridized carbons (Fsp3) is 0.538. The molecule has 2 rings (SSSR count). The quantitative estimate of drug-likeness (QED) is 0.902. The van der Waals surface area contributed by atoms with Crippen molar-refractivity contribution in [2.24, 2.45) is 5.92 Å². The molecule has 1 saturated heterocycles. The van der Waals surface area contributed by atoms with Crippen molar-refractivity contribution in [3.63, 3.8) is 0 Å². The first-order valence-electron chi connectivity index (χ1n) is 6.32. The smallest absolute Gasteiger partial charge is 0.320 e. The molecule has 2 heterocycles. The molecule has 1 aromatic heterocycles. The number of furan rings is 1. The molecule has 0 aliphatic carbocycles. The molecule has 19 heavy (non-hydrogen) atoms. The molecule has 1 atom stereocenters. The maximum Gasteiger partial charge on any atom is 0.320 e. The van der Waals surface area contributed by atoms with Crippen molar-refractivity contribution in [2.45, 2.75) is 19.4 Å². The summed E-state index contributed by atoms with van der Waals surface area (Å²) < 4.78 is 4.96. The Hall–Kier alpha value is -1.98. The normalized spacial score (nSPS) is 19.2. The zero-order valence-corrected chi connectivity index (χ0v) is 10.9. The van der Waals surface area contributed by atoms with Crippen molar-refractivity contribution >= 4 is 12.0 Å². The summed E-state index contributed by atoms with van der Waals surface area (Å²) in [5.74, 6) is -1.27. The Bertz CT molecular complexity index is 444. The van der Waals surface area contributed by atoms with Crippen molar-refractivity contribution in [1.82, 2.24) is 9.80 Å². The average molecular weight is 266 g/mol. The minimum absolute atomic E-state index is 0.132. The molecule has 104 valence electrons. The first kappa shape index (κ1) is 13.5. The summed E-state index contributed by atoms with van der Waals surface area (Å²) >= 11 is 0. The Morgan fingerprint density at radius 1 is 1.58 bits per heavy atom. The van der Waals surface area contributed by atoms with Gasteiger partial charge in [0.2, 0.25) is 0 Å². The number of piperidine rings is 1. The van der Waals surface area contributed by atoms with Gasteiger partial charge in [0.05, 0.1) is 25.0 Å². The van der Waals surface area contributed by atoms with Crippen LogP contribution in [0.5, 0.6) is 0 Å². The van der Waals surface area contributed by atoms with Gasteiger partial charge in [0.15, 0.2) is 0 Å². The maximum absolute atomic E-state index is 12.2. The van der Waals surface area contributed by atoms with E-state index in [0.29, 0.717) is 26.1 Å². The molecule has 1 fully saturated rings. The van der Waals surface area contributed by atoms with Crippen LogP contribution in [0.1, 0.15) is 18.4 Å². The molecule has 0 radical (unpaired) electrons. The highest BCUT2D eigenvalue weighted by atomic mass is 16.4. The van der Waals surface area contributed by atoms with Gasteiger partial charge in [0.1, 0.15) is 0 Å². The second-order valence-corrected chi connectivity index (χ2v) is 4.89. The molecule has 1 aliphatic rings. The van der Waals surface area contributed by atoms with E-state index in [1.54, 1.807) is 35.4 Å². The Morgan fingerprint density at radius 2 is 2.37 bits per heavy atom. The van der Waals surface area contributed by atoms with Gasteiger partial charge in [0.25, 0.3) is 0 Å². The van der Waals surface area contributed by atoms with Crippen LogP contribution >= 0.6 is 0 Å². The minimum atomic E-state index is -0.824. The molecule has 0 saturated carbocycles. The van der Waals surface area contributed by atoms with Crippen LogP contribution in [0.3, 0.4) is 0 Å². The zero-order chi connectivity index (χ0) is 13.8. The number of amides is 2. The number of rotatable bonds is 3. The summed E-state index contributed by atoms with van der Waals surface area (Å²) in [5.41, 5.74) is 0.919. The molecule has 0 aromatic carbocycles. The molecule has 6 nitrogen and oxygen atoms in total. The van der Waals surface area contributed by atoms with Gasteiger partial charge in [0, 0.05) is 25.7 Å². The van der Waals surface area contributed by atoms with Crippen LogP contribution in [-0.2, 0) is 11.3 Å². The molecule has 1 N–H and O–H groups in total. The van der Waals surface area contributed by atoms with Crippen molar-refractivity contribution in [3.05, 3.63) is 24.2 Å². The number of hydrogen-bond donors (Lipinski definition) is 1. The molecule has 2 amide bonds. The predicted octanol–water partition coefficient (Wildman–Crippen LogP) is 1.63. The lowest BCUT2D eigenvalue weighted by Crippen LogP contribution is -2.47. The number of likely N-dealkylation sites (tertiary alicyclic amines) is 1. The predicted molar refractivity (Wildman–Crippen MR) is 67.5 cm³/mol. The average Bonchev–Trinajstić information content (AvgIpc) is 2.90. The lowest BCUT2D eigenvalue weighted by atomic mass is 9.99. The number of carboxylic acid groups (broad SMARTS) is 1. The molecule has 0 spiro atoms. The molecule has 6 heteroatoms. The van der Waals surface area contributed by atoms with Crippen molar-refractivity contribution in [2.75, 3.05) is 20.1 Å². The van der Waals surface area contributed by atoms with Gasteiger partial charge in [-0.3, -0.25) is 4.79 Å². The van der Waals surface area contributed by atoms with Gasteiger partial charge >= 0.3 is 12.0 Å². The molecular weight excluding hydrogens is 248 g/mol. The maximum atomic E-state index is 12.2. The SMILES string of the molecule is CN(Cc1ccoc1)C(=O)N1CCC[C@@H](C(=O)O)C1. The summed E-state index contributed by atoms with van der Waals surface area (Å²) in [6.07, 6.45) is 4.54. The summed E-state index contributed by atoms with van der Waals surface area (Å²) in [5, 5.41) is 9.02. The first-order valence-corrected chi connectivity index (χ1v) is 6.32. The monoisotopic (exact) mass is 266 g/mol. The Balaban J connectivity index is 1.93. The van der Waals surface area contributed by atoms with Gasteiger partial charge in [-0.15, -0.1) is 0 Å². The van der Waals surface area contributed by atoms with E-state index in [2.05, 4.69) is 0 Å². The van der Waals surface area contributed by atoms with Crippen LogP contribution in [0.25, 0.3) is 0 Å². The van der Waals surface area contributed by atoms with E-state index in [9.17, 15) is 9.59 Å².